The van der Waals surface area contributed by atoms with Crippen molar-refractivity contribution < 1.29 is 14.6 Å². The van der Waals surface area contributed by atoms with Crippen LogP contribution >= 0.6 is 0 Å². The van der Waals surface area contributed by atoms with E-state index in [-0.39, 0.29) is 12.2 Å². The number of carboxylic acid groups (broad SMARTS) is 1. The third-order valence-corrected chi connectivity index (χ3v) is 2.41. The molecule has 0 amide bonds. The fraction of sp³-hybridized carbons (Fsp3) is 0.154. The Labute approximate surface area is 104 Å². The van der Waals surface area contributed by atoms with Crippen molar-refractivity contribution in [1.29, 1.82) is 0 Å². The van der Waals surface area contributed by atoms with Gasteiger partial charge in [0.1, 0.15) is 12.4 Å². The Morgan fingerprint density at radius 1 is 1.33 bits per heavy atom. The molecule has 0 unspecified atom stereocenters. The fourth-order valence-electron chi connectivity index (χ4n) is 1.41. The van der Waals surface area contributed by atoms with Gasteiger partial charge in [-0.3, -0.25) is 9.97 Å². The Morgan fingerprint density at radius 3 is 2.78 bits per heavy atom. The first-order chi connectivity index (χ1) is 8.66. The Balaban J connectivity index is 2.02. The summed E-state index contributed by atoms with van der Waals surface area (Å²) >= 11 is 0. The van der Waals surface area contributed by atoms with Gasteiger partial charge in [0.05, 0.1) is 17.0 Å². The van der Waals surface area contributed by atoms with Crippen LogP contribution in [0, 0.1) is 6.92 Å². The zero-order chi connectivity index (χ0) is 13.0. The van der Waals surface area contributed by atoms with Crippen LogP contribution in [0.15, 0.2) is 36.7 Å². The number of hydrogen-bond acceptors (Lipinski definition) is 4. The minimum atomic E-state index is -0.988. The van der Waals surface area contributed by atoms with Crippen molar-refractivity contribution in [2.75, 3.05) is 0 Å². The lowest BCUT2D eigenvalue weighted by molar-refractivity contribution is 0.0696. The van der Waals surface area contributed by atoms with Crippen LogP contribution in [-0.4, -0.2) is 21.0 Å². The molecule has 5 nitrogen and oxygen atoms in total. The summed E-state index contributed by atoms with van der Waals surface area (Å²) < 4.78 is 5.55. The van der Waals surface area contributed by atoms with E-state index in [0.29, 0.717) is 11.4 Å². The maximum Gasteiger partial charge on any atom is 0.337 e. The van der Waals surface area contributed by atoms with Crippen molar-refractivity contribution in [1.82, 2.24) is 9.97 Å². The zero-order valence-electron chi connectivity index (χ0n) is 9.83. The Kier molecular flexibility index (Phi) is 3.52. The van der Waals surface area contributed by atoms with E-state index in [2.05, 4.69) is 9.97 Å². The van der Waals surface area contributed by atoms with E-state index >= 15 is 0 Å². The molecule has 0 atom stereocenters. The first-order valence-electron chi connectivity index (χ1n) is 5.39. The van der Waals surface area contributed by atoms with Crippen molar-refractivity contribution >= 4 is 5.97 Å². The highest BCUT2D eigenvalue weighted by Crippen LogP contribution is 2.15. The van der Waals surface area contributed by atoms with Crippen LogP contribution in [0.2, 0.25) is 0 Å². The third-order valence-electron chi connectivity index (χ3n) is 2.41. The number of rotatable bonds is 4. The smallest absolute Gasteiger partial charge is 0.337 e. The number of aryl methyl sites for hydroxylation is 1. The second kappa shape index (κ2) is 5.27. The van der Waals surface area contributed by atoms with Crippen LogP contribution in [0.4, 0.5) is 0 Å². The van der Waals surface area contributed by atoms with Crippen LogP contribution in [0.25, 0.3) is 0 Å². The molecular formula is C13H12N2O3. The van der Waals surface area contributed by atoms with Crippen LogP contribution in [-0.2, 0) is 6.61 Å². The summed E-state index contributed by atoms with van der Waals surface area (Å²) in [6.07, 6.45) is 3.01. The first kappa shape index (κ1) is 12.0. The highest BCUT2D eigenvalue weighted by atomic mass is 16.5. The number of aromatic carboxylic acids is 1. The molecule has 92 valence electrons. The van der Waals surface area contributed by atoms with Gasteiger partial charge in [0.15, 0.2) is 0 Å². The molecule has 0 aliphatic rings. The van der Waals surface area contributed by atoms with Crippen LogP contribution in [0.5, 0.6) is 5.75 Å². The third kappa shape index (κ3) is 2.82. The Bertz CT molecular complexity index is 552. The summed E-state index contributed by atoms with van der Waals surface area (Å²) in [6, 6.07) is 6.76. The molecule has 2 aromatic rings. The minimum absolute atomic E-state index is 0.163. The lowest BCUT2D eigenvalue weighted by Crippen LogP contribution is -2.02. The van der Waals surface area contributed by atoms with Gasteiger partial charge in [0.2, 0.25) is 0 Å². The summed E-state index contributed by atoms with van der Waals surface area (Å²) in [4.78, 5) is 18.8. The molecule has 0 aliphatic carbocycles. The fourth-order valence-corrected chi connectivity index (χ4v) is 1.41. The molecular weight excluding hydrogens is 232 g/mol. The average Bonchev–Trinajstić information content (AvgIpc) is 2.38. The van der Waals surface area contributed by atoms with Crippen LogP contribution < -0.4 is 4.74 Å². The molecule has 0 spiro atoms. The highest BCUT2D eigenvalue weighted by Gasteiger charge is 2.04. The summed E-state index contributed by atoms with van der Waals surface area (Å²) in [6.45, 7) is 2.14. The quantitative estimate of drug-likeness (QED) is 0.891. The standard InChI is InChI=1S/C13H12N2O3/c1-9-12(3-2-6-14-9)18-8-11-5-4-10(7-15-11)13(16)17/h2-7H,8H2,1H3,(H,16,17). The molecule has 2 aromatic heterocycles. The molecule has 0 saturated heterocycles. The van der Waals surface area contributed by atoms with Crippen molar-refractivity contribution in [3.05, 3.63) is 53.6 Å². The normalized spacial score (nSPS) is 10.1. The zero-order valence-corrected chi connectivity index (χ0v) is 9.83. The molecule has 18 heavy (non-hydrogen) atoms. The van der Waals surface area contributed by atoms with E-state index < -0.39 is 5.97 Å². The summed E-state index contributed by atoms with van der Waals surface area (Å²) in [7, 11) is 0. The average molecular weight is 244 g/mol. The van der Waals surface area contributed by atoms with Crippen LogP contribution in [0.3, 0.4) is 0 Å². The highest BCUT2D eigenvalue weighted by molar-refractivity contribution is 5.87. The topological polar surface area (TPSA) is 72.3 Å². The van der Waals surface area contributed by atoms with Crippen LogP contribution in [0.1, 0.15) is 21.7 Å². The van der Waals surface area contributed by atoms with E-state index in [1.54, 1.807) is 18.3 Å². The van der Waals surface area contributed by atoms with Crippen molar-refractivity contribution in [3.8, 4) is 5.75 Å². The largest absolute Gasteiger partial charge is 0.485 e. The van der Waals surface area contributed by atoms with Gasteiger partial charge in [-0.15, -0.1) is 0 Å². The predicted molar refractivity (Wildman–Crippen MR) is 64.5 cm³/mol. The lowest BCUT2D eigenvalue weighted by Gasteiger charge is -2.07. The van der Waals surface area contributed by atoms with E-state index in [9.17, 15) is 4.79 Å². The summed E-state index contributed by atoms with van der Waals surface area (Å²) in [5.41, 5.74) is 1.64. The van der Waals surface area contributed by atoms with Gasteiger partial charge < -0.3 is 9.84 Å². The Morgan fingerprint density at radius 2 is 2.17 bits per heavy atom. The molecule has 0 bridgehead atoms. The van der Waals surface area contributed by atoms with E-state index in [1.165, 1.54) is 12.3 Å². The lowest BCUT2D eigenvalue weighted by atomic mass is 10.2. The SMILES string of the molecule is Cc1ncccc1OCc1ccc(C(=O)O)cn1. The molecule has 0 fully saturated rings. The van der Waals surface area contributed by atoms with E-state index in [1.807, 2.05) is 13.0 Å². The van der Waals surface area contributed by atoms with Gasteiger partial charge in [0, 0.05) is 12.4 Å². The number of pyridine rings is 2. The van der Waals surface area contributed by atoms with Gasteiger partial charge in [-0.2, -0.15) is 0 Å². The van der Waals surface area contributed by atoms with E-state index in [4.69, 9.17) is 9.84 Å². The number of carbonyl (C=O) groups is 1. The molecule has 0 radical (unpaired) electrons. The van der Waals surface area contributed by atoms with E-state index in [0.717, 1.165) is 5.69 Å². The second-order valence-corrected chi connectivity index (χ2v) is 3.72. The summed E-state index contributed by atoms with van der Waals surface area (Å²) in [5.74, 6) is -0.292. The molecule has 0 aromatic carbocycles. The van der Waals surface area contributed by atoms with Gasteiger partial charge in [-0.1, -0.05) is 0 Å². The van der Waals surface area contributed by atoms with Crippen molar-refractivity contribution in [2.24, 2.45) is 0 Å². The molecule has 2 heterocycles. The van der Waals surface area contributed by atoms with Crippen molar-refractivity contribution in [3.63, 3.8) is 0 Å². The predicted octanol–water partition coefficient (Wildman–Crippen LogP) is 2.06. The maximum atomic E-state index is 10.7. The van der Waals surface area contributed by atoms with Crippen molar-refractivity contribution in [2.45, 2.75) is 13.5 Å². The van der Waals surface area contributed by atoms with Gasteiger partial charge >= 0.3 is 5.97 Å². The number of carboxylic acids is 1. The number of ether oxygens (including phenoxy) is 1. The monoisotopic (exact) mass is 244 g/mol. The molecule has 0 aliphatic heterocycles. The Hall–Kier alpha value is -2.43. The minimum Gasteiger partial charge on any atom is -0.485 e. The molecule has 1 N–H and O–H groups in total. The molecule has 5 heteroatoms. The second-order valence-electron chi connectivity index (χ2n) is 3.72. The number of nitrogens with zero attached hydrogens (tertiary/aromatic N) is 2. The van der Waals surface area contributed by atoms with Gasteiger partial charge in [-0.05, 0) is 31.2 Å². The first-order valence-corrected chi connectivity index (χ1v) is 5.39. The summed E-state index contributed by atoms with van der Waals surface area (Å²) in [5, 5.41) is 8.74. The maximum absolute atomic E-state index is 10.7. The van der Waals surface area contributed by atoms with Gasteiger partial charge in [0.25, 0.3) is 0 Å². The number of hydrogen-bond donors (Lipinski definition) is 1. The molecule has 0 saturated carbocycles. The number of aromatic nitrogens is 2. The van der Waals surface area contributed by atoms with Gasteiger partial charge in [-0.25, -0.2) is 4.79 Å². The molecule has 2 rings (SSSR count).